The fourth-order valence-electron chi connectivity index (χ4n) is 2.34. The topological polar surface area (TPSA) is 100 Å². The van der Waals surface area contributed by atoms with Crippen molar-refractivity contribution < 1.29 is 9.53 Å². The number of amides is 1. The number of azide groups is 1. The number of carbonyl (C=O) groups excluding carboxylic acids is 1. The average molecular weight is 366 g/mol. The number of halogens is 1. The molecule has 10 heteroatoms. The molecular weight excluding hydrogens is 354 g/mol. The lowest BCUT2D eigenvalue weighted by Crippen LogP contribution is -2.24. The van der Waals surface area contributed by atoms with Crippen molar-refractivity contribution in [1.29, 1.82) is 0 Å². The lowest BCUT2D eigenvalue weighted by molar-refractivity contribution is 0.145. The number of pyridine rings is 1. The molecule has 1 aliphatic rings. The maximum absolute atomic E-state index is 12.0. The lowest BCUT2D eigenvalue weighted by Gasteiger charge is -2.11. The maximum Gasteiger partial charge on any atom is 0.415 e. The highest BCUT2D eigenvalue weighted by molar-refractivity contribution is 7.15. The van der Waals surface area contributed by atoms with E-state index in [2.05, 4.69) is 10.0 Å². The van der Waals surface area contributed by atoms with Gasteiger partial charge in [0, 0.05) is 22.7 Å². The summed E-state index contributed by atoms with van der Waals surface area (Å²) in [6.07, 6.45) is 0.655. The van der Waals surface area contributed by atoms with Gasteiger partial charge in [-0.15, -0.1) is 11.3 Å². The van der Waals surface area contributed by atoms with E-state index in [1.54, 1.807) is 18.3 Å². The SMILES string of the molecule is [N-]=[N+]=NC[C@H]1CN(c2scc(Cn3ccccc3=O)c2Cl)C(=O)O1. The zero-order chi connectivity index (χ0) is 17.1. The molecule has 1 saturated heterocycles. The molecule has 1 aliphatic heterocycles. The Morgan fingerprint density at radius 1 is 1.46 bits per heavy atom. The highest BCUT2D eigenvalue weighted by Gasteiger charge is 2.34. The minimum Gasteiger partial charge on any atom is -0.444 e. The molecule has 1 amide bonds. The molecule has 3 rings (SSSR count). The van der Waals surface area contributed by atoms with Gasteiger partial charge in [-0.1, -0.05) is 22.8 Å². The molecule has 3 heterocycles. The Bertz CT molecular complexity index is 873. The number of hydrogen-bond donors (Lipinski definition) is 0. The van der Waals surface area contributed by atoms with Crippen LogP contribution < -0.4 is 10.5 Å². The summed E-state index contributed by atoms with van der Waals surface area (Å²) in [6.45, 7) is 0.664. The first-order valence-corrected chi connectivity index (χ1v) is 8.26. The van der Waals surface area contributed by atoms with Crippen LogP contribution in [0.3, 0.4) is 0 Å². The van der Waals surface area contributed by atoms with Crippen molar-refractivity contribution in [2.75, 3.05) is 18.0 Å². The van der Waals surface area contributed by atoms with E-state index >= 15 is 0 Å². The molecule has 24 heavy (non-hydrogen) atoms. The first-order chi connectivity index (χ1) is 11.6. The standard InChI is InChI=1S/C14H12ClN5O3S/c15-12-9(6-19-4-2-1-3-11(19)21)8-24-13(12)20-7-10(5-17-18-16)23-14(20)22/h1-4,8,10H,5-7H2/t10-/m0/s1. The number of rotatable bonds is 5. The Morgan fingerprint density at radius 2 is 2.29 bits per heavy atom. The third-order valence-corrected chi connectivity index (χ3v) is 5.07. The summed E-state index contributed by atoms with van der Waals surface area (Å²) in [5.41, 5.74) is 8.96. The summed E-state index contributed by atoms with van der Waals surface area (Å²) >= 11 is 7.69. The van der Waals surface area contributed by atoms with E-state index in [9.17, 15) is 9.59 Å². The van der Waals surface area contributed by atoms with Crippen molar-refractivity contribution in [3.05, 3.63) is 61.2 Å². The monoisotopic (exact) mass is 365 g/mol. The number of anilines is 1. The van der Waals surface area contributed by atoms with Crippen molar-refractivity contribution >= 4 is 34.0 Å². The summed E-state index contributed by atoms with van der Waals surface area (Å²) in [6, 6.07) is 4.91. The molecule has 2 aromatic rings. The molecule has 0 bridgehead atoms. The summed E-state index contributed by atoms with van der Waals surface area (Å²) in [5.74, 6) is 0. The van der Waals surface area contributed by atoms with Gasteiger partial charge in [0.15, 0.2) is 0 Å². The third-order valence-electron chi connectivity index (χ3n) is 3.49. The van der Waals surface area contributed by atoms with Crippen LogP contribution in [0.5, 0.6) is 0 Å². The van der Waals surface area contributed by atoms with Gasteiger partial charge in [-0.3, -0.25) is 9.69 Å². The smallest absolute Gasteiger partial charge is 0.415 e. The highest BCUT2D eigenvalue weighted by Crippen LogP contribution is 2.38. The number of aromatic nitrogens is 1. The Kier molecular flexibility index (Phi) is 4.75. The summed E-state index contributed by atoms with van der Waals surface area (Å²) in [4.78, 5) is 27.9. The molecule has 8 nitrogen and oxygen atoms in total. The van der Waals surface area contributed by atoms with Gasteiger partial charge in [-0.05, 0) is 17.0 Å². The predicted octanol–water partition coefficient (Wildman–Crippen LogP) is 3.25. The second-order valence-corrected chi connectivity index (χ2v) is 6.31. The van der Waals surface area contributed by atoms with E-state index in [-0.39, 0.29) is 18.6 Å². The van der Waals surface area contributed by atoms with Gasteiger partial charge in [0.1, 0.15) is 11.1 Å². The summed E-state index contributed by atoms with van der Waals surface area (Å²) < 4.78 is 6.68. The third kappa shape index (κ3) is 3.23. The van der Waals surface area contributed by atoms with E-state index in [1.807, 2.05) is 5.38 Å². The van der Waals surface area contributed by atoms with Gasteiger partial charge >= 0.3 is 6.09 Å². The Labute approximate surface area is 145 Å². The normalized spacial score (nSPS) is 16.8. The number of ether oxygens (including phenoxy) is 1. The van der Waals surface area contributed by atoms with Crippen molar-refractivity contribution in [2.45, 2.75) is 12.6 Å². The quantitative estimate of drug-likeness (QED) is 0.461. The van der Waals surface area contributed by atoms with E-state index < -0.39 is 12.2 Å². The number of cyclic esters (lactones) is 1. The highest BCUT2D eigenvalue weighted by atomic mass is 35.5. The molecule has 2 aromatic heterocycles. The van der Waals surface area contributed by atoms with Crippen LogP contribution in [-0.2, 0) is 11.3 Å². The van der Waals surface area contributed by atoms with Gasteiger partial charge in [-0.25, -0.2) is 4.79 Å². The molecule has 0 N–H and O–H groups in total. The van der Waals surface area contributed by atoms with Crippen LogP contribution in [-0.4, -0.2) is 29.9 Å². The molecule has 0 unspecified atom stereocenters. The summed E-state index contributed by atoms with van der Waals surface area (Å²) in [7, 11) is 0. The van der Waals surface area contributed by atoms with Crippen molar-refractivity contribution in [3.8, 4) is 0 Å². The molecule has 0 spiro atoms. The number of nitrogens with zero attached hydrogens (tertiary/aromatic N) is 5. The lowest BCUT2D eigenvalue weighted by atomic mass is 10.3. The molecular formula is C14H12ClN5O3S. The molecule has 0 saturated carbocycles. The van der Waals surface area contributed by atoms with Gasteiger partial charge in [-0.2, -0.15) is 0 Å². The predicted molar refractivity (Wildman–Crippen MR) is 90.8 cm³/mol. The Morgan fingerprint density at radius 3 is 3.04 bits per heavy atom. The number of hydrogen-bond acceptors (Lipinski definition) is 5. The van der Waals surface area contributed by atoms with Crippen LogP contribution >= 0.6 is 22.9 Å². The van der Waals surface area contributed by atoms with Crippen molar-refractivity contribution in [1.82, 2.24) is 4.57 Å². The largest absolute Gasteiger partial charge is 0.444 e. The molecule has 124 valence electrons. The van der Waals surface area contributed by atoms with Crippen LogP contribution in [0.15, 0.2) is 39.7 Å². The zero-order valence-electron chi connectivity index (χ0n) is 12.3. The Hall–Kier alpha value is -2.48. The Balaban J connectivity index is 1.80. The van der Waals surface area contributed by atoms with E-state index in [4.69, 9.17) is 21.9 Å². The van der Waals surface area contributed by atoms with Crippen LogP contribution in [0.2, 0.25) is 5.02 Å². The minimum atomic E-state index is -0.527. The van der Waals surface area contributed by atoms with Gasteiger partial charge in [0.25, 0.3) is 5.56 Å². The van der Waals surface area contributed by atoms with Gasteiger partial charge in [0.2, 0.25) is 0 Å². The second kappa shape index (κ2) is 6.96. The minimum absolute atomic E-state index is 0.0774. The first kappa shape index (κ1) is 16.4. The molecule has 1 fully saturated rings. The van der Waals surface area contributed by atoms with Crippen LogP contribution in [0, 0.1) is 0 Å². The van der Waals surface area contributed by atoms with Gasteiger partial charge in [0.05, 0.1) is 24.7 Å². The fraction of sp³-hybridized carbons (Fsp3) is 0.286. The van der Waals surface area contributed by atoms with Crippen LogP contribution in [0.1, 0.15) is 5.56 Å². The molecule has 0 aliphatic carbocycles. The van der Waals surface area contributed by atoms with Crippen molar-refractivity contribution in [2.24, 2.45) is 5.11 Å². The molecule has 1 atom stereocenters. The van der Waals surface area contributed by atoms with Crippen LogP contribution in [0.4, 0.5) is 9.80 Å². The summed E-state index contributed by atoms with van der Waals surface area (Å²) in [5, 5.41) is 6.20. The van der Waals surface area contributed by atoms with Crippen molar-refractivity contribution in [3.63, 3.8) is 0 Å². The molecule has 0 aromatic carbocycles. The molecule has 0 radical (unpaired) electrons. The fourth-order valence-corrected chi connectivity index (χ4v) is 3.71. The van der Waals surface area contributed by atoms with E-state index in [0.717, 1.165) is 5.56 Å². The number of carbonyl (C=O) groups is 1. The van der Waals surface area contributed by atoms with Crippen LogP contribution in [0.25, 0.3) is 10.4 Å². The van der Waals surface area contributed by atoms with E-state index in [1.165, 1.54) is 26.9 Å². The average Bonchev–Trinajstić information content (AvgIpc) is 3.11. The first-order valence-electron chi connectivity index (χ1n) is 7.00. The second-order valence-electron chi connectivity index (χ2n) is 5.08. The maximum atomic E-state index is 12.0. The van der Waals surface area contributed by atoms with E-state index in [0.29, 0.717) is 16.6 Å². The van der Waals surface area contributed by atoms with Gasteiger partial charge < -0.3 is 9.30 Å². The zero-order valence-corrected chi connectivity index (χ0v) is 13.9. The number of thiophene rings is 1.